The Balaban J connectivity index is 6.95. The number of rotatable bonds is 42. The molecule has 11 atom stereocenters. The van der Waals surface area contributed by atoms with Gasteiger partial charge in [0, 0.05) is 12.8 Å². The lowest BCUT2D eigenvalue weighted by molar-refractivity contribution is -0.863. The van der Waals surface area contributed by atoms with Gasteiger partial charge in [-0.15, -0.1) is 0 Å². The summed E-state index contributed by atoms with van der Waals surface area (Å²) in [6.07, 6.45) is 2.54. The van der Waals surface area contributed by atoms with Crippen LogP contribution in [-0.4, -0.2) is 169 Å². The van der Waals surface area contributed by atoms with Crippen LogP contribution in [-0.2, 0) is 47.9 Å². The zero-order chi connectivity index (χ0) is 60.1. The monoisotopic (exact) mass is 1120 g/mol. The number of carboxylic acids is 3. The van der Waals surface area contributed by atoms with Crippen molar-refractivity contribution in [3.8, 4) is 0 Å². The molecule has 0 bridgehead atoms. The number of nitrogens with one attached hydrogen (secondary N) is 7. The highest BCUT2D eigenvalue weighted by Gasteiger charge is 2.45. The lowest BCUT2D eigenvalue weighted by Gasteiger charge is -2.34. The van der Waals surface area contributed by atoms with Gasteiger partial charge in [-0.05, 0) is 64.2 Å². The lowest BCUT2D eigenvalue weighted by Crippen LogP contribution is -3.13. The fourth-order valence-corrected chi connectivity index (χ4v) is 8.68. The molecule has 0 aromatic carbocycles. The first-order chi connectivity index (χ1) is 36.3. The molecule has 0 saturated heterocycles. The van der Waals surface area contributed by atoms with E-state index in [1.807, 2.05) is 20.8 Å². The number of aliphatic hydroxyl groups excluding tert-OH is 3. The van der Waals surface area contributed by atoms with Crippen molar-refractivity contribution in [3.63, 3.8) is 0 Å². The highest BCUT2D eigenvalue weighted by atomic mass is 16.4. The van der Waals surface area contributed by atoms with Crippen LogP contribution in [0.1, 0.15) is 172 Å². The van der Waals surface area contributed by atoms with Crippen LogP contribution in [0.2, 0.25) is 0 Å². The molecule has 0 aromatic rings. The molecule has 7 amide bonds. The standard InChI is InChI=1S/C52H96N10O16/c1-12-14-16-18-20-51(10,61-39(64)27-53)49(77)59-35(24-31(7)8)45(72)57-37(26-41(67)68)47(74)62-52(11,21-19-17-15-13-2)50(78)60-34(23-30(5)6)44(71)56-36(25-40(65)66)46(73)55-33(22-29(3)4)43(70)54-32(9)42(69)58-38(28-63)48(75)76/h29-39,49,59,61,63-64,77H,12-28,53H2,1-11H3,(H,54,70)(H,55,73)(H,56,71)(H,57,72)(H,58,69)(H,60,78)(H,62,74)(H,65,66)(H,67,68)(H,75,76)/p+3/t32-,33-,34-,35-,36-,37-,38-,39-,49-,51-,52-/m0/s1. The maximum atomic E-state index is 14.6. The van der Waals surface area contributed by atoms with E-state index >= 15 is 0 Å². The molecule has 0 fully saturated rings. The van der Waals surface area contributed by atoms with Gasteiger partial charge in [-0.3, -0.25) is 43.2 Å². The van der Waals surface area contributed by atoms with Crippen molar-refractivity contribution in [2.24, 2.45) is 17.8 Å². The van der Waals surface area contributed by atoms with E-state index in [0.29, 0.717) is 19.3 Å². The average molecular weight is 1120 g/mol. The van der Waals surface area contributed by atoms with Gasteiger partial charge in [-0.2, -0.15) is 0 Å². The number of carbonyl (C=O) groups excluding carboxylic acids is 7. The zero-order valence-electron chi connectivity index (χ0n) is 48.1. The number of hydrogen-bond acceptors (Lipinski definition) is 13. The number of aliphatic carboxylic acids is 3. The van der Waals surface area contributed by atoms with E-state index in [1.165, 1.54) is 19.2 Å². The highest BCUT2D eigenvalue weighted by molar-refractivity contribution is 5.99. The molecule has 0 saturated carbocycles. The molecule has 450 valence electrons. The van der Waals surface area contributed by atoms with Crippen molar-refractivity contribution in [2.75, 3.05) is 13.2 Å². The predicted octanol–water partition coefficient (Wildman–Crippen LogP) is -2.97. The fourth-order valence-electron chi connectivity index (χ4n) is 8.68. The summed E-state index contributed by atoms with van der Waals surface area (Å²) in [7, 11) is 0. The Bertz CT molecular complexity index is 1940. The van der Waals surface area contributed by atoms with E-state index in [2.05, 4.69) is 49.9 Å². The summed E-state index contributed by atoms with van der Waals surface area (Å²) in [6.45, 7) is 18.2. The third kappa shape index (κ3) is 27.9. The van der Waals surface area contributed by atoms with Crippen LogP contribution < -0.4 is 53.6 Å². The maximum Gasteiger partial charge on any atom is 0.328 e. The van der Waals surface area contributed by atoms with Crippen LogP contribution in [0.25, 0.3) is 0 Å². The number of nitrogens with two attached hydrogens (primary N) is 2. The summed E-state index contributed by atoms with van der Waals surface area (Å²) in [5.74, 6) is -11.9. The minimum absolute atomic E-state index is 0.0258. The summed E-state index contributed by atoms with van der Waals surface area (Å²) in [4.78, 5) is 133. The molecule has 20 N–H and O–H groups in total. The first-order valence-corrected chi connectivity index (χ1v) is 27.6. The van der Waals surface area contributed by atoms with Crippen molar-refractivity contribution in [3.05, 3.63) is 0 Å². The second-order valence-corrected chi connectivity index (χ2v) is 22.3. The van der Waals surface area contributed by atoms with Crippen molar-refractivity contribution in [2.45, 2.75) is 238 Å². The van der Waals surface area contributed by atoms with E-state index < -0.39 is 145 Å². The molecular weight excluding hydrogens is 1020 g/mol. The summed E-state index contributed by atoms with van der Waals surface area (Å²) in [6, 6.07) is -10.5. The van der Waals surface area contributed by atoms with Crippen LogP contribution in [0.5, 0.6) is 0 Å². The molecule has 0 rings (SSSR count). The SMILES string of the molecule is CCCCCC[C@](C)(NC(=O)[C@H](CC(=O)O)NC(=O)[C@H](CC(C)C)[NH2+][C@@H](O)[C@](C)(CCCCCC)[NH2+][C@@H](O)C[NH3+])C(=O)N[C@@H](CC(C)C)C(=O)N[C@@H](CC(=O)O)C(=O)N[C@@H](CC(C)C)C(=O)N[C@@H](C)C(=O)N[C@@H](CO)C(=O)O. The molecule has 0 aliphatic carbocycles. The lowest BCUT2D eigenvalue weighted by atomic mass is 9.90. The summed E-state index contributed by atoms with van der Waals surface area (Å²) < 4.78 is 0. The van der Waals surface area contributed by atoms with Gasteiger partial charge in [-0.1, -0.05) is 100 Å². The number of amides is 7. The van der Waals surface area contributed by atoms with Gasteiger partial charge in [0.15, 0.2) is 18.1 Å². The van der Waals surface area contributed by atoms with Gasteiger partial charge in [0.1, 0.15) is 41.8 Å². The Morgan fingerprint density at radius 2 is 0.962 bits per heavy atom. The minimum Gasteiger partial charge on any atom is -0.481 e. The molecule has 0 aromatic heterocycles. The average Bonchev–Trinajstić information content (AvgIpc) is 3.33. The van der Waals surface area contributed by atoms with E-state index in [9.17, 15) is 78.6 Å². The van der Waals surface area contributed by atoms with Crippen LogP contribution in [0.15, 0.2) is 0 Å². The fraction of sp³-hybridized carbons (Fsp3) is 0.808. The number of carboxylic acid groups (broad SMARTS) is 3. The Morgan fingerprint density at radius 3 is 1.42 bits per heavy atom. The Morgan fingerprint density at radius 1 is 0.526 bits per heavy atom. The molecule has 26 heteroatoms. The molecule has 78 heavy (non-hydrogen) atoms. The first-order valence-electron chi connectivity index (χ1n) is 27.6. The van der Waals surface area contributed by atoms with E-state index in [-0.39, 0.29) is 50.0 Å². The van der Waals surface area contributed by atoms with E-state index in [4.69, 9.17) is 0 Å². The normalized spacial score (nSPS) is 16.6. The quantitative estimate of drug-likeness (QED) is 0.0214. The van der Waals surface area contributed by atoms with Crippen molar-refractivity contribution in [1.82, 2.24) is 37.2 Å². The smallest absolute Gasteiger partial charge is 0.328 e. The second-order valence-electron chi connectivity index (χ2n) is 22.3. The van der Waals surface area contributed by atoms with E-state index in [1.54, 1.807) is 39.9 Å². The first kappa shape index (κ1) is 72.5. The second kappa shape index (κ2) is 36.6. The number of quaternary nitrogens is 3. The number of carbonyl (C=O) groups is 10. The van der Waals surface area contributed by atoms with Gasteiger partial charge in [-0.25, -0.2) is 4.79 Å². The number of hydrogen-bond donors (Lipinski definition) is 16. The molecule has 0 heterocycles. The Labute approximate surface area is 459 Å². The van der Waals surface area contributed by atoms with Crippen molar-refractivity contribution >= 4 is 59.3 Å². The molecule has 0 radical (unpaired) electrons. The van der Waals surface area contributed by atoms with Gasteiger partial charge in [0.25, 0.3) is 5.91 Å². The Kier molecular flexibility index (Phi) is 34.0. The predicted molar refractivity (Wildman–Crippen MR) is 285 cm³/mol. The zero-order valence-corrected chi connectivity index (χ0v) is 48.1. The van der Waals surface area contributed by atoms with Crippen LogP contribution in [0, 0.1) is 17.8 Å². The van der Waals surface area contributed by atoms with Crippen molar-refractivity contribution < 1.29 is 95.0 Å². The van der Waals surface area contributed by atoms with Crippen LogP contribution in [0.3, 0.4) is 0 Å². The summed E-state index contributed by atoms with van der Waals surface area (Å²) in [5, 5.41) is 80.9. The molecule has 26 nitrogen and oxygen atoms in total. The number of unbranched alkanes of at least 4 members (excludes halogenated alkanes) is 6. The summed E-state index contributed by atoms with van der Waals surface area (Å²) in [5.41, 5.74) is 0.930. The topological polar surface area (TPSA) is 437 Å². The molecular formula is C52H99N10O16+3. The Hall–Kier alpha value is -5.54. The largest absolute Gasteiger partial charge is 0.481 e. The van der Waals surface area contributed by atoms with Gasteiger partial charge < -0.3 is 84.2 Å². The van der Waals surface area contributed by atoms with E-state index in [0.717, 1.165) is 38.5 Å². The van der Waals surface area contributed by atoms with Gasteiger partial charge >= 0.3 is 17.9 Å². The third-order valence-corrected chi connectivity index (χ3v) is 13.3. The molecule has 0 aliphatic rings. The molecule has 0 spiro atoms. The van der Waals surface area contributed by atoms with Gasteiger partial charge in [0.2, 0.25) is 47.9 Å². The minimum atomic E-state index is -1.86. The number of aliphatic hydroxyl groups is 3. The molecule has 0 unspecified atom stereocenters. The maximum absolute atomic E-state index is 14.6. The van der Waals surface area contributed by atoms with Crippen LogP contribution >= 0.6 is 0 Å². The van der Waals surface area contributed by atoms with Crippen molar-refractivity contribution in [1.29, 1.82) is 0 Å². The third-order valence-electron chi connectivity index (χ3n) is 13.3. The van der Waals surface area contributed by atoms with Crippen LogP contribution in [0.4, 0.5) is 0 Å². The van der Waals surface area contributed by atoms with Gasteiger partial charge in [0.05, 0.1) is 19.4 Å². The highest BCUT2D eigenvalue weighted by Crippen LogP contribution is 2.20. The molecule has 0 aliphatic heterocycles. The summed E-state index contributed by atoms with van der Waals surface area (Å²) >= 11 is 0.